The quantitative estimate of drug-likeness (QED) is 0.428. The molecule has 2 heterocycles. The van der Waals surface area contributed by atoms with E-state index in [1.165, 1.54) is 0 Å². The lowest BCUT2D eigenvalue weighted by atomic mass is 9.91. The van der Waals surface area contributed by atoms with Gasteiger partial charge in [-0.2, -0.15) is 5.10 Å². The lowest BCUT2D eigenvalue weighted by Crippen LogP contribution is -2.47. The summed E-state index contributed by atoms with van der Waals surface area (Å²) >= 11 is 0. The van der Waals surface area contributed by atoms with Crippen molar-refractivity contribution in [1.29, 1.82) is 0 Å². The van der Waals surface area contributed by atoms with E-state index in [0.29, 0.717) is 50.6 Å². The standard InChI is InChI=1S/C32H44N4O5/c1-23-7-9-24(10-8-23)28-20-27(26-12-11-25(39-5)19-29(26)40-6)33-36(28)31(38)22-35(30(37)21-32(2,3)4)14-13-34-15-17-41-18-16-34/h7-12,19,28H,13-18,20-22H2,1-6H3/t28-/m0/s1. The van der Waals surface area contributed by atoms with Gasteiger partial charge >= 0.3 is 0 Å². The summed E-state index contributed by atoms with van der Waals surface area (Å²) in [6.07, 6.45) is 0.892. The van der Waals surface area contributed by atoms with Crippen LogP contribution in [-0.2, 0) is 14.3 Å². The van der Waals surface area contributed by atoms with Gasteiger partial charge in [0.2, 0.25) is 5.91 Å². The number of ether oxygens (including phenoxy) is 3. The number of rotatable bonds is 10. The normalized spacial score (nSPS) is 17.8. The minimum atomic E-state index is -0.288. The van der Waals surface area contributed by atoms with Crippen LogP contribution in [0.3, 0.4) is 0 Å². The number of hydrazone groups is 1. The first-order valence-electron chi connectivity index (χ1n) is 14.3. The number of hydrogen-bond acceptors (Lipinski definition) is 7. The molecule has 0 unspecified atom stereocenters. The molecule has 2 aromatic carbocycles. The predicted octanol–water partition coefficient (Wildman–Crippen LogP) is 4.29. The average Bonchev–Trinajstić information content (AvgIpc) is 3.40. The summed E-state index contributed by atoms with van der Waals surface area (Å²) in [6, 6.07) is 13.5. The van der Waals surface area contributed by atoms with Gasteiger partial charge in [-0.1, -0.05) is 50.6 Å². The van der Waals surface area contributed by atoms with E-state index in [1.54, 1.807) is 24.1 Å². The second-order valence-electron chi connectivity index (χ2n) is 12.0. The van der Waals surface area contributed by atoms with Gasteiger partial charge in [-0.15, -0.1) is 0 Å². The van der Waals surface area contributed by atoms with E-state index in [9.17, 15) is 9.59 Å². The number of amides is 2. The van der Waals surface area contributed by atoms with Crippen LogP contribution in [0, 0.1) is 12.3 Å². The van der Waals surface area contributed by atoms with Crippen LogP contribution in [0.1, 0.15) is 56.3 Å². The molecular formula is C32H44N4O5. The summed E-state index contributed by atoms with van der Waals surface area (Å²) in [5.41, 5.74) is 3.52. The highest BCUT2D eigenvalue weighted by atomic mass is 16.5. The molecule has 0 saturated carbocycles. The van der Waals surface area contributed by atoms with Crippen molar-refractivity contribution in [2.75, 3.05) is 60.2 Å². The van der Waals surface area contributed by atoms with Crippen LogP contribution in [0.2, 0.25) is 0 Å². The molecule has 0 bridgehead atoms. The summed E-state index contributed by atoms with van der Waals surface area (Å²) in [7, 11) is 3.22. The largest absolute Gasteiger partial charge is 0.497 e. The Morgan fingerprint density at radius 1 is 1.05 bits per heavy atom. The monoisotopic (exact) mass is 564 g/mol. The van der Waals surface area contributed by atoms with Crippen molar-refractivity contribution in [3.63, 3.8) is 0 Å². The zero-order valence-electron chi connectivity index (χ0n) is 25.3. The summed E-state index contributed by atoms with van der Waals surface area (Å²) in [6.45, 7) is 12.3. The molecule has 9 nitrogen and oxygen atoms in total. The first-order chi connectivity index (χ1) is 19.6. The average molecular weight is 565 g/mol. The summed E-state index contributed by atoms with van der Waals surface area (Å²) in [5, 5.41) is 6.42. The Balaban J connectivity index is 1.61. The van der Waals surface area contributed by atoms with Gasteiger partial charge in [0.25, 0.3) is 5.91 Å². The fourth-order valence-corrected chi connectivity index (χ4v) is 5.17. The molecule has 0 aliphatic carbocycles. The van der Waals surface area contributed by atoms with Crippen molar-refractivity contribution in [3.05, 3.63) is 59.2 Å². The highest BCUT2D eigenvalue weighted by Gasteiger charge is 2.35. The number of methoxy groups -OCH3 is 2. The van der Waals surface area contributed by atoms with Crippen LogP contribution in [0.15, 0.2) is 47.6 Å². The van der Waals surface area contributed by atoms with E-state index in [2.05, 4.69) is 4.90 Å². The number of carbonyl (C=O) groups excluding carboxylic acids is 2. The van der Waals surface area contributed by atoms with Crippen LogP contribution >= 0.6 is 0 Å². The molecule has 222 valence electrons. The summed E-state index contributed by atoms with van der Waals surface area (Å²) in [5.74, 6) is 1.08. The highest BCUT2D eigenvalue weighted by molar-refractivity contribution is 6.05. The number of nitrogens with zero attached hydrogens (tertiary/aromatic N) is 4. The molecule has 0 spiro atoms. The Hall–Kier alpha value is -3.43. The first-order valence-corrected chi connectivity index (χ1v) is 14.3. The molecule has 1 fully saturated rings. The van der Waals surface area contributed by atoms with Crippen LogP contribution in [0.5, 0.6) is 11.5 Å². The van der Waals surface area contributed by atoms with Gasteiger partial charge in [0.1, 0.15) is 18.0 Å². The summed E-state index contributed by atoms with van der Waals surface area (Å²) in [4.78, 5) is 31.4. The highest BCUT2D eigenvalue weighted by Crippen LogP contribution is 2.36. The van der Waals surface area contributed by atoms with Crippen molar-refractivity contribution in [1.82, 2.24) is 14.8 Å². The number of aryl methyl sites for hydroxylation is 1. The number of hydrogen-bond donors (Lipinski definition) is 0. The third kappa shape index (κ3) is 8.07. The zero-order valence-corrected chi connectivity index (χ0v) is 25.3. The number of morpholine rings is 1. The second-order valence-corrected chi connectivity index (χ2v) is 12.0. The molecule has 0 N–H and O–H groups in total. The van der Waals surface area contributed by atoms with Gasteiger partial charge in [-0.25, -0.2) is 5.01 Å². The molecular weight excluding hydrogens is 520 g/mol. The Morgan fingerprint density at radius 2 is 1.76 bits per heavy atom. The molecule has 0 aromatic heterocycles. The predicted molar refractivity (Wildman–Crippen MR) is 159 cm³/mol. The molecule has 1 saturated heterocycles. The molecule has 2 amide bonds. The minimum Gasteiger partial charge on any atom is -0.497 e. The fourth-order valence-electron chi connectivity index (χ4n) is 5.17. The van der Waals surface area contributed by atoms with Gasteiger partial charge in [-0.05, 0) is 30.0 Å². The topological polar surface area (TPSA) is 83.9 Å². The van der Waals surface area contributed by atoms with Crippen molar-refractivity contribution in [2.45, 2.75) is 46.6 Å². The maximum absolute atomic E-state index is 14.0. The molecule has 2 aliphatic heterocycles. The van der Waals surface area contributed by atoms with E-state index < -0.39 is 0 Å². The van der Waals surface area contributed by atoms with E-state index in [1.807, 2.05) is 70.2 Å². The number of benzene rings is 2. The molecule has 41 heavy (non-hydrogen) atoms. The molecule has 4 rings (SSSR count). The first kappa shape index (κ1) is 30.5. The van der Waals surface area contributed by atoms with Crippen molar-refractivity contribution in [3.8, 4) is 11.5 Å². The van der Waals surface area contributed by atoms with Gasteiger partial charge in [0, 0.05) is 50.7 Å². The van der Waals surface area contributed by atoms with Crippen LogP contribution < -0.4 is 9.47 Å². The van der Waals surface area contributed by atoms with E-state index in [0.717, 1.165) is 35.5 Å². The van der Waals surface area contributed by atoms with Crippen molar-refractivity contribution < 1.29 is 23.8 Å². The van der Waals surface area contributed by atoms with Gasteiger partial charge in [-0.3, -0.25) is 14.5 Å². The lowest BCUT2D eigenvalue weighted by Gasteiger charge is -2.32. The van der Waals surface area contributed by atoms with Crippen LogP contribution in [0.4, 0.5) is 0 Å². The third-order valence-electron chi connectivity index (χ3n) is 7.50. The van der Waals surface area contributed by atoms with Gasteiger partial charge in [0.05, 0.1) is 39.2 Å². The molecule has 2 aliphatic rings. The number of carbonyl (C=O) groups is 2. The van der Waals surface area contributed by atoms with E-state index >= 15 is 0 Å². The summed E-state index contributed by atoms with van der Waals surface area (Å²) < 4.78 is 16.5. The maximum atomic E-state index is 14.0. The van der Waals surface area contributed by atoms with E-state index in [-0.39, 0.29) is 29.8 Å². The third-order valence-corrected chi connectivity index (χ3v) is 7.50. The van der Waals surface area contributed by atoms with Gasteiger partial charge < -0.3 is 19.1 Å². The second kappa shape index (κ2) is 13.5. The Bertz CT molecular complexity index is 1230. The Morgan fingerprint density at radius 3 is 2.39 bits per heavy atom. The fraction of sp³-hybridized carbons (Fsp3) is 0.531. The molecule has 9 heteroatoms. The van der Waals surface area contributed by atoms with E-state index in [4.69, 9.17) is 19.3 Å². The molecule has 2 aromatic rings. The van der Waals surface area contributed by atoms with Crippen LogP contribution in [-0.4, -0.2) is 92.5 Å². The molecule has 0 radical (unpaired) electrons. The van der Waals surface area contributed by atoms with Crippen LogP contribution in [0.25, 0.3) is 0 Å². The Kier molecular flexibility index (Phi) is 10.0. The zero-order chi connectivity index (χ0) is 29.6. The van der Waals surface area contributed by atoms with Gasteiger partial charge in [0.15, 0.2) is 0 Å². The molecule has 1 atom stereocenters. The van der Waals surface area contributed by atoms with Crippen molar-refractivity contribution in [2.24, 2.45) is 10.5 Å². The maximum Gasteiger partial charge on any atom is 0.262 e. The SMILES string of the molecule is COc1ccc(C2=NN(C(=O)CN(CCN3CCOCC3)C(=O)CC(C)(C)C)[C@H](c3ccc(C)cc3)C2)c(OC)c1. The lowest BCUT2D eigenvalue weighted by molar-refractivity contribution is -0.142. The minimum absolute atomic E-state index is 0.0220. The van der Waals surface area contributed by atoms with Crippen molar-refractivity contribution >= 4 is 17.5 Å². The smallest absolute Gasteiger partial charge is 0.262 e. The Labute approximate surface area is 244 Å².